The van der Waals surface area contributed by atoms with Crippen molar-refractivity contribution in [3.63, 3.8) is 0 Å². The fourth-order valence-corrected chi connectivity index (χ4v) is 4.69. The van der Waals surface area contributed by atoms with Crippen molar-refractivity contribution in [2.24, 2.45) is 5.73 Å². The molecule has 37 heavy (non-hydrogen) atoms. The highest BCUT2D eigenvalue weighted by Gasteiger charge is 2.39. The van der Waals surface area contributed by atoms with Gasteiger partial charge in [-0.1, -0.05) is 0 Å². The van der Waals surface area contributed by atoms with Crippen molar-refractivity contribution in [2.45, 2.75) is 56.4 Å². The van der Waals surface area contributed by atoms with Gasteiger partial charge in [-0.15, -0.1) is 11.8 Å². The summed E-state index contributed by atoms with van der Waals surface area (Å²) in [6.07, 6.45) is 1.31. The van der Waals surface area contributed by atoms with Crippen molar-refractivity contribution >= 4 is 47.2 Å². The van der Waals surface area contributed by atoms with Crippen LogP contribution in [-0.2, 0) is 28.8 Å². The molecular weight excluding hydrogens is 508 g/mol. The summed E-state index contributed by atoms with van der Waals surface area (Å²) >= 11 is 1.04. The molecule has 8 N–H and O–H groups in total. The number of aliphatic hydroxyl groups excluding tert-OH is 2. The van der Waals surface area contributed by atoms with Crippen molar-refractivity contribution in [3.8, 4) is 0 Å². The molecule has 1 heterocycles. The first-order valence-electron chi connectivity index (χ1n) is 12.1. The second-order valence-electron chi connectivity index (χ2n) is 8.35. The predicted molar refractivity (Wildman–Crippen MR) is 135 cm³/mol. The zero-order valence-electron chi connectivity index (χ0n) is 21.0. The SMILES string of the molecule is CC(=O)NC(CSC1CC(=O)N(CCC(=O)NC(CCCCN)C(=O)NCCO)C1=O)C(=O)NCCO. The molecule has 3 unspecified atom stereocenters. The lowest BCUT2D eigenvalue weighted by atomic mass is 10.1. The first kappa shape index (κ1) is 32.3. The fraction of sp³-hybridized carbons (Fsp3) is 0.727. The zero-order valence-corrected chi connectivity index (χ0v) is 21.8. The van der Waals surface area contributed by atoms with Crippen molar-refractivity contribution in [2.75, 3.05) is 45.1 Å². The van der Waals surface area contributed by atoms with Gasteiger partial charge in [0, 0.05) is 45.2 Å². The van der Waals surface area contributed by atoms with Crippen LogP contribution < -0.4 is 27.0 Å². The summed E-state index contributed by atoms with van der Waals surface area (Å²) in [5.41, 5.74) is 5.48. The number of aliphatic hydroxyl groups is 2. The molecule has 1 rings (SSSR count). The standard InChI is InChI=1S/C22H38N6O8S/c1-14(31)26-16(21(35)25-8-11-30)13-37-17-12-19(33)28(22(17)36)9-5-18(32)27-15(4-2-3-6-23)20(34)24-7-10-29/h15-17,29-30H,2-13,23H2,1H3,(H,24,34)(H,25,35)(H,26,31)(H,27,32). The van der Waals surface area contributed by atoms with E-state index in [9.17, 15) is 28.8 Å². The quantitative estimate of drug-likeness (QED) is 0.0666. The maximum absolute atomic E-state index is 12.8. The first-order chi connectivity index (χ1) is 17.6. The average molecular weight is 547 g/mol. The third-order valence-corrected chi connectivity index (χ3v) is 6.64. The summed E-state index contributed by atoms with van der Waals surface area (Å²) in [5, 5.41) is 27.0. The molecule has 14 nitrogen and oxygen atoms in total. The molecular formula is C22H38N6O8S. The normalized spacial score (nSPS) is 16.8. The van der Waals surface area contributed by atoms with Gasteiger partial charge in [0.1, 0.15) is 12.1 Å². The van der Waals surface area contributed by atoms with E-state index in [4.69, 9.17) is 15.9 Å². The van der Waals surface area contributed by atoms with Gasteiger partial charge in [0.25, 0.3) is 0 Å². The third-order valence-electron chi connectivity index (χ3n) is 5.34. The number of amides is 6. The van der Waals surface area contributed by atoms with Gasteiger partial charge >= 0.3 is 0 Å². The smallest absolute Gasteiger partial charge is 0.243 e. The lowest BCUT2D eigenvalue weighted by Gasteiger charge is -2.20. The number of carbonyl (C=O) groups excluding carboxylic acids is 6. The molecule has 0 bridgehead atoms. The van der Waals surface area contributed by atoms with Gasteiger partial charge in [0.15, 0.2) is 0 Å². The molecule has 1 aliphatic rings. The van der Waals surface area contributed by atoms with Crippen molar-refractivity contribution in [1.29, 1.82) is 0 Å². The molecule has 6 amide bonds. The number of unbranched alkanes of at least 4 members (excludes halogenated alkanes) is 1. The Morgan fingerprint density at radius 2 is 1.65 bits per heavy atom. The average Bonchev–Trinajstić information content (AvgIpc) is 3.13. The number of carbonyl (C=O) groups is 6. The Morgan fingerprint density at radius 3 is 2.22 bits per heavy atom. The second-order valence-corrected chi connectivity index (χ2v) is 9.58. The predicted octanol–water partition coefficient (Wildman–Crippen LogP) is -3.43. The highest BCUT2D eigenvalue weighted by Crippen LogP contribution is 2.26. The van der Waals surface area contributed by atoms with Gasteiger partial charge in [-0.25, -0.2) is 0 Å². The number of hydrogen-bond donors (Lipinski definition) is 7. The van der Waals surface area contributed by atoms with E-state index in [1.165, 1.54) is 6.92 Å². The van der Waals surface area contributed by atoms with E-state index >= 15 is 0 Å². The van der Waals surface area contributed by atoms with E-state index in [0.29, 0.717) is 25.8 Å². The summed E-state index contributed by atoms with van der Waals surface area (Å²) in [6, 6.07) is -1.79. The van der Waals surface area contributed by atoms with E-state index in [2.05, 4.69) is 21.3 Å². The maximum atomic E-state index is 12.8. The van der Waals surface area contributed by atoms with Crippen LogP contribution in [0.3, 0.4) is 0 Å². The van der Waals surface area contributed by atoms with Gasteiger partial charge in [0.2, 0.25) is 35.4 Å². The first-order valence-corrected chi connectivity index (χ1v) is 13.2. The number of likely N-dealkylation sites (tertiary alicyclic amines) is 1. The topological polar surface area (TPSA) is 220 Å². The summed E-state index contributed by atoms with van der Waals surface area (Å²) in [4.78, 5) is 74.5. The molecule has 210 valence electrons. The van der Waals surface area contributed by atoms with Gasteiger partial charge in [0.05, 0.1) is 18.5 Å². The van der Waals surface area contributed by atoms with Crippen LogP contribution in [0.4, 0.5) is 0 Å². The van der Waals surface area contributed by atoms with E-state index < -0.39 is 52.8 Å². The summed E-state index contributed by atoms with van der Waals surface area (Å²) < 4.78 is 0. The maximum Gasteiger partial charge on any atom is 0.243 e. The number of nitrogens with two attached hydrogens (primary N) is 1. The molecule has 15 heteroatoms. The van der Waals surface area contributed by atoms with E-state index in [1.54, 1.807) is 0 Å². The Bertz CT molecular complexity index is 814. The number of imide groups is 1. The molecule has 3 atom stereocenters. The number of nitrogens with zero attached hydrogens (tertiary/aromatic N) is 1. The molecule has 0 aromatic heterocycles. The fourth-order valence-electron chi connectivity index (χ4n) is 3.50. The Morgan fingerprint density at radius 1 is 1.03 bits per heavy atom. The second kappa shape index (κ2) is 17.7. The summed E-state index contributed by atoms with van der Waals surface area (Å²) in [5.74, 6) is -2.86. The highest BCUT2D eigenvalue weighted by atomic mass is 32.2. The van der Waals surface area contributed by atoms with Crippen LogP contribution in [-0.4, -0.2) is 113 Å². The minimum Gasteiger partial charge on any atom is -0.395 e. The van der Waals surface area contributed by atoms with Crippen LogP contribution in [0, 0.1) is 0 Å². The largest absolute Gasteiger partial charge is 0.395 e. The molecule has 1 fully saturated rings. The van der Waals surface area contributed by atoms with Crippen molar-refractivity contribution in [1.82, 2.24) is 26.2 Å². The van der Waals surface area contributed by atoms with Crippen LogP contribution in [0.15, 0.2) is 0 Å². The molecule has 0 aromatic carbocycles. The number of rotatable bonds is 18. The van der Waals surface area contributed by atoms with Crippen LogP contribution >= 0.6 is 11.8 Å². The van der Waals surface area contributed by atoms with Crippen LogP contribution in [0.1, 0.15) is 39.0 Å². The lowest BCUT2D eigenvalue weighted by molar-refractivity contribution is -0.139. The van der Waals surface area contributed by atoms with E-state index in [-0.39, 0.29) is 51.4 Å². The van der Waals surface area contributed by atoms with Gasteiger partial charge < -0.3 is 37.2 Å². The van der Waals surface area contributed by atoms with E-state index in [1.807, 2.05) is 0 Å². The van der Waals surface area contributed by atoms with Crippen molar-refractivity contribution in [3.05, 3.63) is 0 Å². The molecule has 1 saturated heterocycles. The molecule has 0 aliphatic carbocycles. The minimum atomic E-state index is -0.954. The van der Waals surface area contributed by atoms with Gasteiger partial charge in [-0.3, -0.25) is 33.7 Å². The molecule has 1 aliphatic heterocycles. The lowest BCUT2D eigenvalue weighted by Crippen LogP contribution is -2.48. The molecule has 0 aromatic rings. The van der Waals surface area contributed by atoms with Crippen LogP contribution in [0.2, 0.25) is 0 Å². The number of thioether (sulfide) groups is 1. The minimum absolute atomic E-state index is 0.00719. The highest BCUT2D eigenvalue weighted by molar-refractivity contribution is 8.00. The monoisotopic (exact) mass is 546 g/mol. The van der Waals surface area contributed by atoms with Crippen molar-refractivity contribution < 1.29 is 39.0 Å². The van der Waals surface area contributed by atoms with E-state index in [0.717, 1.165) is 16.7 Å². The molecule has 0 radical (unpaired) electrons. The zero-order chi connectivity index (χ0) is 27.8. The summed E-state index contributed by atoms with van der Waals surface area (Å²) in [6.45, 7) is 1.05. The Hall–Kier alpha value is -2.75. The van der Waals surface area contributed by atoms with Gasteiger partial charge in [-0.05, 0) is 25.8 Å². The third kappa shape index (κ3) is 11.9. The van der Waals surface area contributed by atoms with Crippen LogP contribution in [0.25, 0.3) is 0 Å². The Labute approximate surface area is 219 Å². The molecule has 0 saturated carbocycles. The number of nitrogens with one attached hydrogen (secondary N) is 4. The molecule has 0 spiro atoms. The van der Waals surface area contributed by atoms with Gasteiger partial charge in [-0.2, -0.15) is 0 Å². The Balaban J connectivity index is 2.64. The summed E-state index contributed by atoms with van der Waals surface area (Å²) in [7, 11) is 0. The number of hydrogen-bond acceptors (Lipinski definition) is 10. The Kier molecular flexibility index (Phi) is 15.4. The van der Waals surface area contributed by atoms with Crippen LogP contribution in [0.5, 0.6) is 0 Å².